The number of carbonyl (C=O) groups excluding carboxylic acids is 1. The summed E-state index contributed by atoms with van der Waals surface area (Å²) < 4.78 is 0. The Morgan fingerprint density at radius 3 is 2.33 bits per heavy atom. The number of aliphatic hydroxyl groups is 1. The molecule has 2 aromatic rings. The lowest BCUT2D eigenvalue weighted by atomic mass is 10.1. The van der Waals surface area contributed by atoms with Crippen LogP contribution in [0.5, 0.6) is 0 Å². The lowest BCUT2D eigenvalue weighted by molar-refractivity contribution is 0.0981. The zero-order valence-electron chi connectivity index (χ0n) is 11.1. The molecule has 0 heterocycles. The minimum Gasteiger partial charge on any atom is -0.397 e. The third kappa shape index (κ3) is 3.67. The number of para-hydroxylation sites is 2. The molecule has 0 radical (unpaired) electrons. The van der Waals surface area contributed by atoms with E-state index < -0.39 is 0 Å². The van der Waals surface area contributed by atoms with Gasteiger partial charge in [-0.1, -0.05) is 35.3 Å². The minimum atomic E-state index is -0.327. The molecule has 0 spiro atoms. The van der Waals surface area contributed by atoms with Crippen LogP contribution in [0.3, 0.4) is 0 Å². The number of carbonyl (C=O) groups is 1. The first kappa shape index (κ1) is 15.6. The fourth-order valence-electron chi connectivity index (χ4n) is 2.00. The Morgan fingerprint density at radius 1 is 1.14 bits per heavy atom. The van der Waals surface area contributed by atoms with E-state index >= 15 is 0 Å². The highest BCUT2D eigenvalue weighted by atomic mass is 35.5. The van der Waals surface area contributed by atoms with Gasteiger partial charge in [0.25, 0.3) is 5.91 Å². The molecule has 21 heavy (non-hydrogen) atoms. The normalized spacial score (nSPS) is 10.4. The van der Waals surface area contributed by atoms with Crippen LogP contribution in [-0.4, -0.2) is 24.2 Å². The molecule has 6 heteroatoms. The van der Waals surface area contributed by atoms with Gasteiger partial charge in [-0.15, -0.1) is 0 Å². The molecule has 0 aliphatic carbocycles. The maximum Gasteiger partial charge on any atom is 0.258 e. The van der Waals surface area contributed by atoms with E-state index in [1.54, 1.807) is 30.3 Å². The number of amides is 1. The summed E-state index contributed by atoms with van der Waals surface area (Å²) in [5.41, 5.74) is 7.22. The van der Waals surface area contributed by atoms with Gasteiger partial charge < -0.3 is 15.7 Å². The van der Waals surface area contributed by atoms with Crippen LogP contribution in [0.25, 0.3) is 0 Å². The van der Waals surface area contributed by atoms with Gasteiger partial charge in [0.1, 0.15) is 0 Å². The van der Waals surface area contributed by atoms with Crippen molar-refractivity contribution in [2.45, 2.75) is 0 Å². The molecule has 0 aromatic heterocycles. The number of nitrogen functional groups attached to an aromatic ring is 1. The molecule has 4 nitrogen and oxygen atoms in total. The summed E-state index contributed by atoms with van der Waals surface area (Å²) >= 11 is 11.8. The molecule has 0 fully saturated rings. The maximum atomic E-state index is 12.6. The van der Waals surface area contributed by atoms with Gasteiger partial charge in [-0.3, -0.25) is 4.79 Å². The molecule has 0 aliphatic rings. The molecule has 0 saturated heterocycles. The Morgan fingerprint density at radius 2 is 1.76 bits per heavy atom. The molecular formula is C15H14Cl2N2O2. The van der Waals surface area contributed by atoms with Crippen molar-refractivity contribution in [1.82, 2.24) is 0 Å². The molecular weight excluding hydrogens is 311 g/mol. The van der Waals surface area contributed by atoms with Crippen LogP contribution >= 0.6 is 23.2 Å². The third-order valence-electron chi connectivity index (χ3n) is 2.91. The Bertz CT molecular complexity index is 642. The fourth-order valence-corrected chi connectivity index (χ4v) is 2.52. The number of nitrogens with two attached hydrogens (primary N) is 1. The Kier molecular flexibility index (Phi) is 5.07. The second-order valence-corrected chi connectivity index (χ2v) is 5.27. The first-order chi connectivity index (χ1) is 10.0. The topological polar surface area (TPSA) is 66.6 Å². The number of halogens is 2. The van der Waals surface area contributed by atoms with E-state index in [0.29, 0.717) is 27.0 Å². The van der Waals surface area contributed by atoms with Gasteiger partial charge in [-0.25, -0.2) is 0 Å². The van der Waals surface area contributed by atoms with E-state index in [9.17, 15) is 9.90 Å². The van der Waals surface area contributed by atoms with Crippen molar-refractivity contribution in [1.29, 1.82) is 0 Å². The SMILES string of the molecule is Nc1ccccc1N(CCO)C(=O)c1cc(Cl)cc(Cl)c1. The highest BCUT2D eigenvalue weighted by Gasteiger charge is 2.19. The summed E-state index contributed by atoms with van der Waals surface area (Å²) in [5, 5.41) is 9.95. The average Bonchev–Trinajstić information content (AvgIpc) is 2.44. The molecule has 0 atom stereocenters. The van der Waals surface area contributed by atoms with Crippen molar-refractivity contribution in [2.75, 3.05) is 23.8 Å². The summed E-state index contributed by atoms with van der Waals surface area (Å²) in [6.45, 7) is -0.0639. The zero-order valence-corrected chi connectivity index (χ0v) is 12.6. The summed E-state index contributed by atoms with van der Waals surface area (Å²) in [6, 6.07) is 11.6. The van der Waals surface area contributed by atoms with Crippen LogP contribution in [0.1, 0.15) is 10.4 Å². The van der Waals surface area contributed by atoms with Crippen LogP contribution in [0.4, 0.5) is 11.4 Å². The summed E-state index contributed by atoms with van der Waals surface area (Å²) in [7, 11) is 0. The molecule has 3 N–H and O–H groups in total. The maximum absolute atomic E-state index is 12.6. The number of aliphatic hydroxyl groups excluding tert-OH is 1. The van der Waals surface area contributed by atoms with Gasteiger partial charge in [-0.05, 0) is 30.3 Å². The molecule has 1 amide bonds. The van der Waals surface area contributed by atoms with Crippen molar-refractivity contribution in [3.8, 4) is 0 Å². The summed E-state index contributed by atoms with van der Waals surface area (Å²) in [6.07, 6.45) is 0. The number of nitrogens with zero attached hydrogens (tertiary/aromatic N) is 1. The lowest BCUT2D eigenvalue weighted by Crippen LogP contribution is -2.34. The van der Waals surface area contributed by atoms with Crippen LogP contribution in [0.15, 0.2) is 42.5 Å². The van der Waals surface area contributed by atoms with Gasteiger partial charge in [0.15, 0.2) is 0 Å². The predicted molar refractivity (Wildman–Crippen MR) is 86.1 cm³/mol. The van der Waals surface area contributed by atoms with Gasteiger partial charge >= 0.3 is 0 Å². The van der Waals surface area contributed by atoms with Crippen molar-refractivity contribution in [2.24, 2.45) is 0 Å². The quantitative estimate of drug-likeness (QED) is 0.848. The van der Waals surface area contributed by atoms with Crippen LogP contribution in [0, 0.1) is 0 Å². The first-order valence-electron chi connectivity index (χ1n) is 6.26. The highest BCUT2D eigenvalue weighted by molar-refractivity contribution is 6.35. The number of anilines is 2. The van der Waals surface area contributed by atoms with Gasteiger partial charge in [-0.2, -0.15) is 0 Å². The van der Waals surface area contributed by atoms with Gasteiger partial charge in [0.05, 0.1) is 18.0 Å². The Labute approximate surface area is 132 Å². The lowest BCUT2D eigenvalue weighted by Gasteiger charge is -2.23. The second-order valence-electron chi connectivity index (χ2n) is 4.40. The van der Waals surface area contributed by atoms with Crippen LogP contribution in [-0.2, 0) is 0 Å². The van der Waals surface area contributed by atoms with E-state index in [-0.39, 0.29) is 19.1 Å². The predicted octanol–water partition coefficient (Wildman–Crippen LogP) is 3.21. The Hall–Kier alpha value is -1.75. The number of hydrogen-bond donors (Lipinski definition) is 2. The molecule has 0 unspecified atom stereocenters. The molecule has 2 aromatic carbocycles. The van der Waals surface area contributed by atoms with E-state index in [1.807, 2.05) is 0 Å². The smallest absolute Gasteiger partial charge is 0.258 e. The van der Waals surface area contributed by atoms with Crippen molar-refractivity contribution in [3.05, 3.63) is 58.1 Å². The minimum absolute atomic E-state index is 0.122. The standard InChI is InChI=1S/C15H14Cl2N2O2/c16-11-7-10(8-12(17)9-11)15(21)19(5-6-20)14-4-2-1-3-13(14)18/h1-4,7-9,20H,5-6,18H2. The first-order valence-corrected chi connectivity index (χ1v) is 7.02. The van der Waals surface area contributed by atoms with Crippen molar-refractivity contribution in [3.63, 3.8) is 0 Å². The van der Waals surface area contributed by atoms with E-state index in [2.05, 4.69) is 0 Å². The molecule has 0 bridgehead atoms. The average molecular weight is 325 g/mol. The van der Waals surface area contributed by atoms with E-state index in [4.69, 9.17) is 28.9 Å². The monoisotopic (exact) mass is 324 g/mol. The van der Waals surface area contributed by atoms with Gasteiger partial charge in [0.2, 0.25) is 0 Å². The van der Waals surface area contributed by atoms with Crippen LogP contribution in [0.2, 0.25) is 10.0 Å². The number of benzene rings is 2. The summed E-state index contributed by atoms with van der Waals surface area (Å²) in [5.74, 6) is -0.327. The largest absolute Gasteiger partial charge is 0.397 e. The molecule has 2 rings (SSSR count). The fraction of sp³-hybridized carbons (Fsp3) is 0.133. The third-order valence-corrected chi connectivity index (χ3v) is 3.34. The zero-order chi connectivity index (χ0) is 15.4. The number of rotatable bonds is 4. The number of hydrogen-bond acceptors (Lipinski definition) is 3. The molecule has 0 aliphatic heterocycles. The van der Waals surface area contributed by atoms with Crippen molar-refractivity contribution >= 4 is 40.5 Å². The van der Waals surface area contributed by atoms with E-state index in [1.165, 1.54) is 17.0 Å². The van der Waals surface area contributed by atoms with E-state index in [0.717, 1.165) is 0 Å². The Balaban J connectivity index is 2.42. The molecule has 110 valence electrons. The summed E-state index contributed by atoms with van der Waals surface area (Å²) in [4.78, 5) is 14.0. The highest BCUT2D eigenvalue weighted by Crippen LogP contribution is 2.26. The second kappa shape index (κ2) is 6.80. The van der Waals surface area contributed by atoms with Crippen molar-refractivity contribution < 1.29 is 9.90 Å². The molecule has 0 saturated carbocycles. The van der Waals surface area contributed by atoms with Crippen LogP contribution < -0.4 is 10.6 Å². The van der Waals surface area contributed by atoms with Gasteiger partial charge in [0, 0.05) is 22.2 Å².